The second kappa shape index (κ2) is 8.72. The summed E-state index contributed by atoms with van der Waals surface area (Å²) in [7, 11) is 2.93. The van der Waals surface area contributed by atoms with Crippen LogP contribution < -0.4 is 25.3 Å². The molecular formula is C17H19F2N3O3. The average molecular weight is 351 g/mol. The molecule has 0 aromatic heterocycles. The molecule has 0 spiro atoms. The van der Waals surface area contributed by atoms with Crippen molar-refractivity contribution in [1.82, 2.24) is 0 Å². The fourth-order valence-corrected chi connectivity index (χ4v) is 2.11. The molecular weight excluding hydrogens is 332 g/mol. The highest BCUT2D eigenvalue weighted by Crippen LogP contribution is 2.29. The maximum absolute atomic E-state index is 12.4. The predicted molar refractivity (Wildman–Crippen MR) is 91.6 cm³/mol. The van der Waals surface area contributed by atoms with Crippen molar-refractivity contribution in [3.8, 4) is 17.2 Å². The van der Waals surface area contributed by atoms with Crippen LogP contribution in [0.2, 0.25) is 0 Å². The molecule has 0 bridgehead atoms. The molecule has 0 atom stereocenters. The number of hydrogen-bond acceptors (Lipinski definition) is 4. The van der Waals surface area contributed by atoms with Crippen LogP contribution in [0.1, 0.15) is 5.56 Å². The first kappa shape index (κ1) is 18.3. The summed E-state index contributed by atoms with van der Waals surface area (Å²) >= 11 is 0. The minimum atomic E-state index is -2.94. The Morgan fingerprint density at radius 1 is 1.08 bits per heavy atom. The lowest BCUT2D eigenvalue weighted by atomic mass is 10.2. The summed E-state index contributed by atoms with van der Waals surface area (Å²) in [5, 5.41) is 2.93. The Bertz CT molecular complexity index is 739. The van der Waals surface area contributed by atoms with Crippen LogP contribution in [0.4, 0.5) is 14.5 Å². The van der Waals surface area contributed by atoms with Gasteiger partial charge in [-0.15, -0.1) is 0 Å². The molecule has 0 amide bonds. The molecule has 0 aliphatic heterocycles. The van der Waals surface area contributed by atoms with Gasteiger partial charge in [0.25, 0.3) is 0 Å². The number of anilines is 1. The second-order valence-corrected chi connectivity index (χ2v) is 4.89. The Morgan fingerprint density at radius 2 is 1.80 bits per heavy atom. The van der Waals surface area contributed by atoms with Gasteiger partial charge in [0.1, 0.15) is 5.75 Å². The standard InChI is InChI=1S/C17H19F2N3O3/c1-23-13-6-4-3-5-12(13)22-17(20)21-10-11-7-8-14(24-2)15(9-11)25-16(18)19/h3-9,16H,10H2,1-2H3,(H3,20,21,22). The highest BCUT2D eigenvalue weighted by atomic mass is 19.3. The largest absolute Gasteiger partial charge is 0.495 e. The summed E-state index contributed by atoms with van der Waals surface area (Å²) in [4.78, 5) is 4.18. The lowest BCUT2D eigenvalue weighted by molar-refractivity contribution is -0.0512. The number of hydrogen-bond donors (Lipinski definition) is 2. The van der Waals surface area contributed by atoms with Gasteiger partial charge in [0.05, 0.1) is 26.5 Å². The van der Waals surface area contributed by atoms with Crippen LogP contribution in [-0.2, 0) is 6.54 Å². The molecule has 0 saturated heterocycles. The Balaban J connectivity index is 2.09. The minimum Gasteiger partial charge on any atom is -0.495 e. The number of guanidine groups is 1. The fraction of sp³-hybridized carbons (Fsp3) is 0.235. The Hall–Kier alpha value is -3.03. The maximum Gasteiger partial charge on any atom is 0.387 e. The molecule has 0 heterocycles. The van der Waals surface area contributed by atoms with Crippen LogP contribution >= 0.6 is 0 Å². The number of benzene rings is 2. The third kappa shape index (κ3) is 5.23. The number of alkyl halides is 2. The molecule has 0 fully saturated rings. The van der Waals surface area contributed by atoms with Crippen LogP contribution in [0.3, 0.4) is 0 Å². The highest BCUT2D eigenvalue weighted by Gasteiger charge is 2.11. The van der Waals surface area contributed by atoms with E-state index in [0.29, 0.717) is 17.0 Å². The van der Waals surface area contributed by atoms with Crippen molar-refractivity contribution in [3.05, 3.63) is 48.0 Å². The molecule has 0 unspecified atom stereocenters. The van der Waals surface area contributed by atoms with Crippen molar-refractivity contribution in [3.63, 3.8) is 0 Å². The first-order chi connectivity index (χ1) is 12.0. The third-order valence-electron chi connectivity index (χ3n) is 3.25. The van der Waals surface area contributed by atoms with E-state index in [4.69, 9.17) is 15.2 Å². The Labute approximate surface area is 144 Å². The zero-order chi connectivity index (χ0) is 18.2. The zero-order valence-corrected chi connectivity index (χ0v) is 13.8. The van der Waals surface area contributed by atoms with Gasteiger partial charge >= 0.3 is 6.61 Å². The minimum absolute atomic E-state index is 0.0542. The summed E-state index contributed by atoms with van der Waals surface area (Å²) in [5.41, 5.74) is 7.17. The van der Waals surface area contributed by atoms with E-state index in [1.165, 1.54) is 19.2 Å². The van der Waals surface area contributed by atoms with Crippen molar-refractivity contribution in [2.24, 2.45) is 10.7 Å². The van der Waals surface area contributed by atoms with Crippen LogP contribution in [-0.4, -0.2) is 26.8 Å². The smallest absolute Gasteiger partial charge is 0.387 e. The molecule has 6 nitrogen and oxygen atoms in total. The first-order valence-corrected chi connectivity index (χ1v) is 7.35. The molecule has 25 heavy (non-hydrogen) atoms. The van der Waals surface area contributed by atoms with Gasteiger partial charge in [-0.1, -0.05) is 18.2 Å². The van der Waals surface area contributed by atoms with Gasteiger partial charge in [0, 0.05) is 0 Å². The molecule has 0 aliphatic rings. The molecule has 134 valence electrons. The Morgan fingerprint density at radius 3 is 2.48 bits per heavy atom. The van der Waals surface area contributed by atoms with Crippen LogP contribution in [0.5, 0.6) is 17.2 Å². The summed E-state index contributed by atoms with van der Waals surface area (Å²) in [6.45, 7) is -2.76. The number of nitrogens with one attached hydrogen (secondary N) is 1. The van der Waals surface area contributed by atoms with E-state index < -0.39 is 6.61 Å². The number of ether oxygens (including phenoxy) is 3. The summed E-state index contributed by atoms with van der Waals surface area (Å²) in [5.74, 6) is 0.948. The molecule has 8 heteroatoms. The molecule has 0 saturated carbocycles. The lowest BCUT2D eigenvalue weighted by Gasteiger charge is -2.12. The van der Waals surface area contributed by atoms with Crippen LogP contribution in [0.15, 0.2) is 47.5 Å². The van der Waals surface area contributed by atoms with Crippen LogP contribution in [0, 0.1) is 0 Å². The van der Waals surface area contributed by atoms with E-state index in [1.807, 2.05) is 12.1 Å². The number of methoxy groups -OCH3 is 2. The van der Waals surface area contributed by atoms with Crippen molar-refractivity contribution in [2.45, 2.75) is 13.2 Å². The van der Waals surface area contributed by atoms with Gasteiger partial charge in [0.15, 0.2) is 17.5 Å². The number of rotatable bonds is 7. The molecule has 0 aliphatic carbocycles. The summed E-state index contributed by atoms with van der Waals surface area (Å²) < 4.78 is 39.5. The first-order valence-electron chi connectivity index (χ1n) is 7.35. The SMILES string of the molecule is COc1ccccc1NC(N)=NCc1ccc(OC)c(OC(F)F)c1. The van der Waals surface area contributed by atoms with E-state index in [1.54, 1.807) is 25.3 Å². The van der Waals surface area contributed by atoms with E-state index in [9.17, 15) is 8.78 Å². The molecule has 2 aromatic carbocycles. The molecule has 2 aromatic rings. The van der Waals surface area contributed by atoms with E-state index in [2.05, 4.69) is 15.0 Å². The van der Waals surface area contributed by atoms with E-state index in [0.717, 1.165) is 0 Å². The molecule has 0 radical (unpaired) electrons. The quantitative estimate of drug-likeness (QED) is 0.591. The topological polar surface area (TPSA) is 78.1 Å². The zero-order valence-electron chi connectivity index (χ0n) is 13.8. The summed E-state index contributed by atoms with van der Waals surface area (Å²) in [6, 6.07) is 11.9. The van der Waals surface area contributed by atoms with Gasteiger partial charge in [-0.05, 0) is 29.8 Å². The van der Waals surface area contributed by atoms with E-state index >= 15 is 0 Å². The number of para-hydroxylation sites is 2. The van der Waals surface area contributed by atoms with Crippen molar-refractivity contribution >= 4 is 11.6 Å². The number of nitrogens with two attached hydrogens (primary N) is 1. The lowest BCUT2D eigenvalue weighted by Crippen LogP contribution is -2.22. The van der Waals surface area contributed by atoms with Gasteiger partial charge in [-0.25, -0.2) is 4.99 Å². The third-order valence-corrected chi connectivity index (χ3v) is 3.25. The van der Waals surface area contributed by atoms with Crippen molar-refractivity contribution < 1.29 is 23.0 Å². The second-order valence-electron chi connectivity index (χ2n) is 4.89. The summed E-state index contributed by atoms with van der Waals surface area (Å²) in [6.07, 6.45) is 0. The number of nitrogens with zero attached hydrogens (tertiary/aromatic N) is 1. The molecule has 2 rings (SSSR count). The van der Waals surface area contributed by atoms with Gasteiger partial charge < -0.3 is 25.3 Å². The Kier molecular flexibility index (Phi) is 6.39. The van der Waals surface area contributed by atoms with E-state index in [-0.39, 0.29) is 24.0 Å². The van der Waals surface area contributed by atoms with Gasteiger partial charge in [-0.2, -0.15) is 8.78 Å². The monoisotopic (exact) mass is 351 g/mol. The van der Waals surface area contributed by atoms with Gasteiger partial charge in [-0.3, -0.25) is 0 Å². The van der Waals surface area contributed by atoms with Crippen LogP contribution in [0.25, 0.3) is 0 Å². The predicted octanol–water partition coefficient (Wildman–Crippen LogP) is 3.23. The normalized spacial score (nSPS) is 11.3. The molecule has 3 N–H and O–H groups in total. The fourth-order valence-electron chi connectivity index (χ4n) is 2.11. The number of halogens is 2. The van der Waals surface area contributed by atoms with Crippen molar-refractivity contribution in [2.75, 3.05) is 19.5 Å². The maximum atomic E-state index is 12.4. The van der Waals surface area contributed by atoms with Gasteiger partial charge in [0.2, 0.25) is 0 Å². The van der Waals surface area contributed by atoms with Crippen molar-refractivity contribution in [1.29, 1.82) is 0 Å². The average Bonchev–Trinajstić information content (AvgIpc) is 2.60. The number of aliphatic imine (C=N–C) groups is 1. The highest BCUT2D eigenvalue weighted by molar-refractivity contribution is 5.93.